The fourth-order valence-electron chi connectivity index (χ4n) is 2.76. The molecule has 0 fully saturated rings. The highest BCUT2D eigenvalue weighted by molar-refractivity contribution is 7.07. The van der Waals surface area contributed by atoms with Crippen molar-refractivity contribution in [1.29, 1.82) is 0 Å². The van der Waals surface area contributed by atoms with Gasteiger partial charge in [0.05, 0.1) is 16.7 Å². The lowest BCUT2D eigenvalue weighted by atomic mass is 10.1. The fraction of sp³-hybridized carbons (Fsp3) is 0.105. The number of aryl methyl sites for hydroxylation is 1. The van der Waals surface area contributed by atoms with E-state index in [2.05, 4.69) is 15.3 Å². The minimum Gasteiger partial charge on any atom is -0.324 e. The Kier molecular flexibility index (Phi) is 4.14. The molecule has 4 aromatic rings. The molecule has 2 aromatic heterocycles. The van der Waals surface area contributed by atoms with Gasteiger partial charge in [0.25, 0.3) is 0 Å². The second kappa shape index (κ2) is 6.61. The van der Waals surface area contributed by atoms with E-state index in [0.717, 1.165) is 39.2 Å². The predicted molar refractivity (Wildman–Crippen MR) is 103 cm³/mol. The van der Waals surface area contributed by atoms with Crippen molar-refractivity contribution in [1.82, 2.24) is 14.5 Å². The SMILES string of the molecule is Cc1ccc(-c2csc(=O)n2CC(=O)Nc2nc3ccccc3[nH]2)cc1. The molecule has 0 aliphatic heterocycles. The van der Waals surface area contributed by atoms with E-state index in [1.807, 2.05) is 55.5 Å². The average Bonchev–Trinajstić information content (AvgIpc) is 3.19. The number of para-hydroxylation sites is 2. The summed E-state index contributed by atoms with van der Waals surface area (Å²) in [6.07, 6.45) is 0. The molecule has 130 valence electrons. The largest absolute Gasteiger partial charge is 0.324 e. The molecule has 1 amide bonds. The van der Waals surface area contributed by atoms with E-state index < -0.39 is 0 Å². The van der Waals surface area contributed by atoms with Crippen molar-refractivity contribution >= 4 is 34.2 Å². The van der Waals surface area contributed by atoms with Crippen molar-refractivity contribution in [2.45, 2.75) is 13.5 Å². The Morgan fingerprint density at radius 2 is 1.96 bits per heavy atom. The molecular weight excluding hydrogens is 348 g/mol. The maximum absolute atomic E-state index is 12.4. The number of nitrogens with zero attached hydrogens (tertiary/aromatic N) is 2. The number of amides is 1. The molecule has 0 radical (unpaired) electrons. The number of carbonyl (C=O) groups is 1. The van der Waals surface area contributed by atoms with E-state index in [4.69, 9.17) is 0 Å². The molecule has 0 saturated heterocycles. The van der Waals surface area contributed by atoms with Gasteiger partial charge >= 0.3 is 4.87 Å². The maximum atomic E-state index is 12.4. The molecule has 7 heteroatoms. The Balaban J connectivity index is 1.57. The van der Waals surface area contributed by atoms with Crippen LogP contribution in [0, 0.1) is 6.92 Å². The third-order valence-electron chi connectivity index (χ3n) is 4.08. The number of carbonyl (C=O) groups excluding carboxylic acids is 1. The summed E-state index contributed by atoms with van der Waals surface area (Å²) in [6, 6.07) is 15.4. The lowest BCUT2D eigenvalue weighted by Gasteiger charge is -2.08. The molecule has 0 spiro atoms. The van der Waals surface area contributed by atoms with Crippen LogP contribution >= 0.6 is 11.3 Å². The predicted octanol–water partition coefficient (Wildman–Crippen LogP) is 3.40. The lowest BCUT2D eigenvalue weighted by molar-refractivity contribution is -0.116. The average molecular weight is 364 g/mol. The number of hydrogen-bond acceptors (Lipinski definition) is 4. The van der Waals surface area contributed by atoms with E-state index in [0.29, 0.717) is 5.95 Å². The topological polar surface area (TPSA) is 79.8 Å². The van der Waals surface area contributed by atoms with Crippen LogP contribution in [0.2, 0.25) is 0 Å². The smallest absolute Gasteiger partial charge is 0.308 e. The van der Waals surface area contributed by atoms with E-state index in [-0.39, 0.29) is 17.3 Å². The monoisotopic (exact) mass is 364 g/mol. The first-order valence-corrected chi connectivity index (χ1v) is 8.98. The minimum absolute atomic E-state index is 0.0669. The molecule has 0 atom stereocenters. The molecular formula is C19H16N4O2S. The van der Waals surface area contributed by atoms with E-state index >= 15 is 0 Å². The highest BCUT2D eigenvalue weighted by Crippen LogP contribution is 2.21. The zero-order valence-electron chi connectivity index (χ0n) is 14.0. The van der Waals surface area contributed by atoms with Crippen molar-refractivity contribution in [3.05, 3.63) is 69.1 Å². The number of hydrogen-bond donors (Lipinski definition) is 2. The molecule has 0 aliphatic carbocycles. The fourth-order valence-corrected chi connectivity index (χ4v) is 3.52. The van der Waals surface area contributed by atoms with Gasteiger partial charge in [-0.2, -0.15) is 0 Å². The first-order valence-electron chi connectivity index (χ1n) is 8.10. The van der Waals surface area contributed by atoms with Crippen LogP contribution in [0.15, 0.2) is 58.7 Å². The molecule has 6 nitrogen and oxygen atoms in total. The summed E-state index contributed by atoms with van der Waals surface area (Å²) in [7, 11) is 0. The van der Waals surface area contributed by atoms with E-state index in [9.17, 15) is 9.59 Å². The lowest BCUT2D eigenvalue weighted by Crippen LogP contribution is -2.25. The third-order valence-corrected chi connectivity index (χ3v) is 4.84. The summed E-state index contributed by atoms with van der Waals surface area (Å²) in [5.41, 5.74) is 4.40. The first kappa shape index (κ1) is 16.3. The minimum atomic E-state index is -0.307. The van der Waals surface area contributed by atoms with Crippen LogP contribution in [-0.4, -0.2) is 20.4 Å². The normalized spacial score (nSPS) is 11.0. The number of aromatic amines is 1. The second-order valence-corrected chi connectivity index (χ2v) is 6.81. The Bertz CT molecular complexity index is 1110. The maximum Gasteiger partial charge on any atom is 0.308 e. The van der Waals surface area contributed by atoms with Crippen molar-refractivity contribution < 1.29 is 4.79 Å². The van der Waals surface area contributed by atoms with Crippen LogP contribution < -0.4 is 10.2 Å². The van der Waals surface area contributed by atoms with Gasteiger partial charge in [0, 0.05) is 5.38 Å². The van der Waals surface area contributed by atoms with Gasteiger partial charge in [0.1, 0.15) is 6.54 Å². The highest BCUT2D eigenvalue weighted by atomic mass is 32.1. The summed E-state index contributed by atoms with van der Waals surface area (Å²) < 4.78 is 1.48. The molecule has 0 unspecified atom stereocenters. The number of aromatic nitrogens is 3. The van der Waals surface area contributed by atoms with Gasteiger partial charge < -0.3 is 4.98 Å². The molecule has 2 N–H and O–H groups in total. The van der Waals surface area contributed by atoms with Gasteiger partial charge in [-0.25, -0.2) is 4.98 Å². The molecule has 2 aromatic carbocycles. The number of thiazole rings is 1. The molecule has 2 heterocycles. The quantitative estimate of drug-likeness (QED) is 0.582. The summed E-state index contributed by atoms with van der Waals surface area (Å²) in [4.78, 5) is 31.8. The van der Waals surface area contributed by atoms with Crippen molar-refractivity contribution in [2.75, 3.05) is 5.32 Å². The van der Waals surface area contributed by atoms with Crippen molar-refractivity contribution in [2.24, 2.45) is 0 Å². The summed E-state index contributed by atoms with van der Waals surface area (Å²) >= 11 is 1.09. The summed E-state index contributed by atoms with van der Waals surface area (Å²) in [5.74, 6) is 0.0642. The van der Waals surface area contributed by atoms with Crippen LogP contribution in [0.25, 0.3) is 22.3 Å². The van der Waals surface area contributed by atoms with Gasteiger partial charge in [0.15, 0.2) is 0 Å². The number of H-pyrrole nitrogens is 1. The van der Waals surface area contributed by atoms with Crippen LogP contribution in [0.4, 0.5) is 5.95 Å². The van der Waals surface area contributed by atoms with E-state index in [1.165, 1.54) is 4.57 Å². The Morgan fingerprint density at radius 1 is 1.19 bits per heavy atom. The van der Waals surface area contributed by atoms with Crippen molar-refractivity contribution in [3.63, 3.8) is 0 Å². The van der Waals surface area contributed by atoms with Crippen LogP contribution in [0.1, 0.15) is 5.56 Å². The van der Waals surface area contributed by atoms with Gasteiger partial charge in [0.2, 0.25) is 11.9 Å². The van der Waals surface area contributed by atoms with Gasteiger partial charge in [-0.3, -0.25) is 19.5 Å². The number of nitrogens with one attached hydrogen (secondary N) is 2. The number of fused-ring (bicyclic) bond motifs is 1. The Hall–Kier alpha value is -3.19. The van der Waals surface area contributed by atoms with E-state index in [1.54, 1.807) is 5.38 Å². The molecule has 26 heavy (non-hydrogen) atoms. The van der Waals surface area contributed by atoms with Crippen LogP contribution in [0.5, 0.6) is 0 Å². The number of anilines is 1. The Labute approximate surface area is 153 Å². The van der Waals surface area contributed by atoms with Gasteiger partial charge in [-0.05, 0) is 24.6 Å². The molecule has 0 bridgehead atoms. The summed E-state index contributed by atoms with van der Waals surface area (Å²) in [6.45, 7) is 1.94. The van der Waals surface area contributed by atoms with Crippen LogP contribution in [0.3, 0.4) is 0 Å². The van der Waals surface area contributed by atoms with Gasteiger partial charge in [-0.15, -0.1) is 0 Å². The van der Waals surface area contributed by atoms with Gasteiger partial charge in [-0.1, -0.05) is 53.3 Å². The zero-order chi connectivity index (χ0) is 18.1. The van der Waals surface area contributed by atoms with Crippen molar-refractivity contribution in [3.8, 4) is 11.3 Å². The molecule has 4 rings (SSSR count). The molecule has 0 aliphatic rings. The Morgan fingerprint density at radius 3 is 2.73 bits per heavy atom. The number of benzene rings is 2. The number of rotatable bonds is 4. The first-order chi connectivity index (χ1) is 12.6. The summed E-state index contributed by atoms with van der Waals surface area (Å²) in [5, 5.41) is 4.50. The number of imidazole rings is 1. The standard InChI is InChI=1S/C19H16N4O2S/c1-12-6-8-13(9-7-12)16-11-26-19(25)23(16)10-17(24)22-18-20-14-4-2-3-5-15(14)21-18/h2-9,11H,10H2,1H3,(H2,20,21,22,24). The zero-order valence-corrected chi connectivity index (χ0v) is 14.8. The second-order valence-electron chi connectivity index (χ2n) is 5.99. The highest BCUT2D eigenvalue weighted by Gasteiger charge is 2.14. The molecule has 0 saturated carbocycles. The third kappa shape index (κ3) is 3.16. The van der Waals surface area contributed by atoms with Crippen LogP contribution in [-0.2, 0) is 11.3 Å².